The molecule has 0 spiro atoms. The molecular formula is C32H36ClF2N5O6. The molecule has 2 saturated heterocycles. The van der Waals surface area contributed by atoms with Crippen LogP contribution < -0.4 is 14.8 Å². The quantitative estimate of drug-likeness (QED) is 0.172. The van der Waals surface area contributed by atoms with Crippen LogP contribution in [0.2, 0.25) is 5.02 Å². The number of hydrogen-bond donors (Lipinski definition) is 4. The number of anilines is 1. The van der Waals surface area contributed by atoms with Crippen molar-refractivity contribution < 1.29 is 38.3 Å². The number of aromatic nitrogens is 3. The second kappa shape index (κ2) is 13.2. The number of phenols is 1. The number of aliphatic hydroxyl groups excluding tert-OH is 2. The van der Waals surface area contributed by atoms with E-state index in [1.807, 2.05) is 6.92 Å². The van der Waals surface area contributed by atoms with Crippen molar-refractivity contribution in [2.45, 2.75) is 44.0 Å². The van der Waals surface area contributed by atoms with E-state index < -0.39 is 30.2 Å². The molecule has 0 aliphatic carbocycles. The van der Waals surface area contributed by atoms with Crippen LogP contribution in [0, 0.1) is 12.7 Å². The van der Waals surface area contributed by atoms with Crippen LogP contribution in [0.25, 0.3) is 32.9 Å². The van der Waals surface area contributed by atoms with Gasteiger partial charge in [-0.25, -0.2) is 13.8 Å². The molecule has 0 bridgehead atoms. The van der Waals surface area contributed by atoms with Gasteiger partial charge in [0.2, 0.25) is 5.88 Å². The molecule has 2 fully saturated rings. The van der Waals surface area contributed by atoms with Crippen LogP contribution in [0.15, 0.2) is 24.3 Å². The van der Waals surface area contributed by atoms with Gasteiger partial charge in [0.15, 0.2) is 5.82 Å². The van der Waals surface area contributed by atoms with Gasteiger partial charge >= 0.3 is 6.01 Å². The van der Waals surface area contributed by atoms with Crippen LogP contribution in [-0.2, 0) is 4.74 Å². The predicted octanol–water partition coefficient (Wildman–Crippen LogP) is 4.40. The fourth-order valence-electron chi connectivity index (χ4n) is 6.56. The molecule has 2 aliphatic rings. The van der Waals surface area contributed by atoms with Crippen LogP contribution >= 0.6 is 11.6 Å². The monoisotopic (exact) mass is 659 g/mol. The average molecular weight is 660 g/mol. The summed E-state index contributed by atoms with van der Waals surface area (Å²) in [6, 6.07) is 6.27. The highest BCUT2D eigenvalue weighted by molar-refractivity contribution is 6.37. The topological polar surface area (TPSA) is 142 Å². The summed E-state index contributed by atoms with van der Waals surface area (Å²) in [5.74, 6) is -1.07. The number of benzene rings is 2. The molecule has 0 amide bonds. The van der Waals surface area contributed by atoms with Crippen LogP contribution in [-0.4, -0.2) is 106 Å². The van der Waals surface area contributed by atoms with Gasteiger partial charge in [0.25, 0.3) is 0 Å². The number of halogens is 3. The van der Waals surface area contributed by atoms with Crippen molar-refractivity contribution in [3.8, 4) is 28.9 Å². The number of aromatic hydroxyl groups is 1. The highest BCUT2D eigenvalue weighted by Gasteiger charge is 2.49. The predicted molar refractivity (Wildman–Crippen MR) is 169 cm³/mol. The van der Waals surface area contributed by atoms with Crippen LogP contribution in [0.5, 0.6) is 17.6 Å². The summed E-state index contributed by atoms with van der Waals surface area (Å²) < 4.78 is 48.7. The number of fused-ring (bicyclic) bond motifs is 3. The number of hydrogen-bond acceptors (Lipinski definition) is 11. The maximum absolute atomic E-state index is 16.9. The Labute approximate surface area is 269 Å². The van der Waals surface area contributed by atoms with Gasteiger partial charge in [0.05, 0.1) is 30.4 Å². The van der Waals surface area contributed by atoms with Gasteiger partial charge < -0.3 is 34.8 Å². The summed E-state index contributed by atoms with van der Waals surface area (Å²) in [5.41, 5.74) is -0.0344. The lowest BCUT2D eigenvalue weighted by Crippen LogP contribution is -2.43. The molecule has 2 aliphatic heterocycles. The SMILES string of the molecule is COCC(CO)Oc1nc(-c2cc(O)cc3ccc(C)c(Cl)c23)c(F)c2nc(OC[C@@]34CCCN3C[C@H](F)C4)nc(NCCO)c12. The van der Waals surface area contributed by atoms with E-state index in [2.05, 4.69) is 25.2 Å². The second-order valence-electron chi connectivity index (χ2n) is 11.8. The third kappa shape index (κ3) is 5.97. The molecule has 4 heterocycles. The molecule has 4 N–H and O–H groups in total. The maximum Gasteiger partial charge on any atom is 0.319 e. The Kier molecular flexibility index (Phi) is 9.31. The van der Waals surface area contributed by atoms with Gasteiger partial charge in [-0.15, -0.1) is 0 Å². The van der Waals surface area contributed by atoms with Gasteiger partial charge in [-0.3, -0.25) is 4.90 Å². The minimum absolute atomic E-state index is 0.0118. The van der Waals surface area contributed by atoms with E-state index in [4.69, 9.17) is 25.8 Å². The first kappa shape index (κ1) is 32.3. The first-order valence-corrected chi connectivity index (χ1v) is 15.5. The number of aliphatic hydroxyl groups is 2. The van der Waals surface area contributed by atoms with E-state index in [-0.39, 0.29) is 72.0 Å². The van der Waals surface area contributed by atoms with Crippen LogP contribution in [0.3, 0.4) is 0 Å². The highest BCUT2D eigenvalue weighted by Crippen LogP contribution is 2.44. The van der Waals surface area contributed by atoms with Crippen molar-refractivity contribution in [2.75, 3.05) is 58.5 Å². The van der Waals surface area contributed by atoms with E-state index >= 15 is 4.39 Å². The minimum Gasteiger partial charge on any atom is -0.508 e. The highest BCUT2D eigenvalue weighted by atomic mass is 35.5. The van der Waals surface area contributed by atoms with Crippen molar-refractivity contribution in [3.05, 3.63) is 40.7 Å². The van der Waals surface area contributed by atoms with Crippen LogP contribution in [0.1, 0.15) is 24.8 Å². The first-order valence-electron chi connectivity index (χ1n) is 15.1. The Morgan fingerprint density at radius 1 is 1.20 bits per heavy atom. The minimum atomic E-state index is -0.965. The number of ether oxygens (including phenoxy) is 3. The summed E-state index contributed by atoms with van der Waals surface area (Å²) >= 11 is 6.73. The second-order valence-corrected chi connectivity index (χ2v) is 12.2. The molecule has 0 saturated carbocycles. The molecule has 46 heavy (non-hydrogen) atoms. The zero-order valence-electron chi connectivity index (χ0n) is 25.5. The summed E-state index contributed by atoms with van der Waals surface area (Å²) in [4.78, 5) is 15.6. The molecule has 1 unspecified atom stereocenters. The molecule has 2 aromatic carbocycles. The third-order valence-corrected chi connectivity index (χ3v) is 9.18. The standard InChI is InChI=1S/C32H36ClF2N5O6/c1-17-4-5-18-10-20(43)11-22(23(18)25(17)33)27-26(35)28-24(30(37-27)46-21(14-42)15-44-2)29(36-7-9-41)39-31(38-28)45-16-32-6-3-8-40(32)13-19(34)12-32/h4-5,10-11,19,21,41-43H,3,6-9,12-16H2,1-2H3,(H,36,38,39)/t19-,21?,32+/m1/s1. The van der Waals surface area contributed by atoms with Crippen molar-refractivity contribution in [2.24, 2.45) is 0 Å². The number of alkyl halides is 1. The summed E-state index contributed by atoms with van der Waals surface area (Å²) in [5, 5.41) is 34.6. The third-order valence-electron chi connectivity index (χ3n) is 8.69. The van der Waals surface area contributed by atoms with E-state index in [0.717, 1.165) is 24.9 Å². The Bertz CT molecular complexity index is 1770. The number of methoxy groups -OCH3 is 1. The smallest absolute Gasteiger partial charge is 0.319 e. The lowest BCUT2D eigenvalue weighted by molar-refractivity contribution is 0.0396. The molecule has 0 radical (unpaired) electrons. The Balaban J connectivity index is 1.56. The Morgan fingerprint density at radius 3 is 2.78 bits per heavy atom. The average Bonchev–Trinajstić information content (AvgIpc) is 3.56. The number of aryl methyl sites for hydroxylation is 1. The van der Waals surface area contributed by atoms with Gasteiger partial charge in [-0.1, -0.05) is 23.7 Å². The lowest BCUT2D eigenvalue weighted by Gasteiger charge is -2.30. The van der Waals surface area contributed by atoms with Crippen molar-refractivity contribution >= 4 is 39.1 Å². The van der Waals surface area contributed by atoms with E-state index in [9.17, 15) is 19.7 Å². The number of rotatable bonds is 12. The van der Waals surface area contributed by atoms with Gasteiger partial charge in [0, 0.05) is 37.6 Å². The van der Waals surface area contributed by atoms with E-state index in [1.165, 1.54) is 19.2 Å². The molecule has 6 rings (SSSR count). The fourth-order valence-corrected chi connectivity index (χ4v) is 6.84. The lowest BCUT2D eigenvalue weighted by atomic mass is 9.95. The fraction of sp³-hybridized carbons (Fsp3) is 0.469. The van der Waals surface area contributed by atoms with E-state index in [0.29, 0.717) is 28.8 Å². The van der Waals surface area contributed by atoms with Crippen LogP contribution in [0.4, 0.5) is 14.6 Å². The zero-order valence-corrected chi connectivity index (χ0v) is 26.3. The van der Waals surface area contributed by atoms with E-state index in [1.54, 1.807) is 12.1 Å². The summed E-state index contributed by atoms with van der Waals surface area (Å²) in [6.45, 7) is 2.34. The first-order chi connectivity index (χ1) is 22.2. The Morgan fingerprint density at radius 2 is 2.02 bits per heavy atom. The molecule has 4 aromatic rings. The van der Waals surface area contributed by atoms with Crippen molar-refractivity contribution in [3.63, 3.8) is 0 Å². The van der Waals surface area contributed by atoms with Crippen molar-refractivity contribution in [1.29, 1.82) is 0 Å². The zero-order chi connectivity index (χ0) is 32.6. The number of pyridine rings is 1. The number of nitrogens with zero attached hydrogens (tertiary/aromatic N) is 4. The normalized spacial score (nSPS) is 20.4. The number of phenolic OH excluding ortho intramolecular Hbond substituents is 1. The molecular weight excluding hydrogens is 624 g/mol. The summed E-state index contributed by atoms with van der Waals surface area (Å²) in [6.07, 6.45) is 0.132. The van der Waals surface area contributed by atoms with Gasteiger partial charge in [-0.2, -0.15) is 9.97 Å². The van der Waals surface area contributed by atoms with Gasteiger partial charge in [-0.05, 0) is 49.4 Å². The Hall–Kier alpha value is -3.62. The maximum atomic E-state index is 16.9. The van der Waals surface area contributed by atoms with Gasteiger partial charge in [0.1, 0.15) is 47.0 Å². The summed E-state index contributed by atoms with van der Waals surface area (Å²) in [7, 11) is 1.44. The molecule has 14 heteroatoms. The van der Waals surface area contributed by atoms with Crippen molar-refractivity contribution in [1.82, 2.24) is 19.9 Å². The molecule has 2 aromatic heterocycles. The largest absolute Gasteiger partial charge is 0.508 e. The molecule has 246 valence electrons. The number of nitrogens with one attached hydrogen (secondary N) is 1. The molecule has 3 atom stereocenters. The molecule has 11 nitrogen and oxygen atoms in total.